The van der Waals surface area contributed by atoms with Gasteiger partial charge in [0.05, 0.1) is 7.11 Å². The summed E-state index contributed by atoms with van der Waals surface area (Å²) < 4.78 is 5.09. The Morgan fingerprint density at radius 2 is 1.67 bits per heavy atom. The smallest absolute Gasteiger partial charge is 0.225 e. The van der Waals surface area contributed by atoms with Crippen molar-refractivity contribution in [1.29, 1.82) is 0 Å². The SMILES string of the molecule is COc1ccc(C(=O)CCCC(=O)N2CCN(c3ncccn3)CC2)cc1. The van der Waals surface area contributed by atoms with Crippen molar-refractivity contribution in [1.82, 2.24) is 14.9 Å². The predicted octanol–water partition coefficient (Wildman–Crippen LogP) is 2.19. The fourth-order valence-corrected chi connectivity index (χ4v) is 3.09. The highest BCUT2D eigenvalue weighted by atomic mass is 16.5. The lowest BCUT2D eigenvalue weighted by Crippen LogP contribution is -2.49. The minimum atomic E-state index is 0.0523. The van der Waals surface area contributed by atoms with Crippen molar-refractivity contribution in [3.8, 4) is 5.75 Å². The summed E-state index contributed by atoms with van der Waals surface area (Å²) in [5.74, 6) is 1.58. The van der Waals surface area contributed by atoms with Crippen LogP contribution in [0.4, 0.5) is 5.95 Å². The molecule has 1 fully saturated rings. The van der Waals surface area contributed by atoms with Crippen molar-refractivity contribution in [3.05, 3.63) is 48.3 Å². The summed E-state index contributed by atoms with van der Waals surface area (Å²) in [4.78, 5) is 37.0. The molecule has 1 aliphatic rings. The van der Waals surface area contributed by atoms with Crippen molar-refractivity contribution in [2.45, 2.75) is 19.3 Å². The number of ketones is 1. The fourth-order valence-electron chi connectivity index (χ4n) is 3.09. The van der Waals surface area contributed by atoms with E-state index >= 15 is 0 Å². The molecule has 7 nitrogen and oxygen atoms in total. The molecule has 27 heavy (non-hydrogen) atoms. The molecule has 142 valence electrons. The van der Waals surface area contributed by atoms with Gasteiger partial charge in [0.1, 0.15) is 5.75 Å². The number of anilines is 1. The maximum absolute atomic E-state index is 12.4. The fraction of sp³-hybridized carbons (Fsp3) is 0.400. The molecule has 0 aliphatic carbocycles. The quantitative estimate of drug-likeness (QED) is 0.698. The van der Waals surface area contributed by atoms with E-state index in [1.807, 2.05) is 4.90 Å². The van der Waals surface area contributed by atoms with Crippen molar-refractivity contribution >= 4 is 17.6 Å². The van der Waals surface area contributed by atoms with Crippen LogP contribution in [-0.2, 0) is 4.79 Å². The lowest BCUT2D eigenvalue weighted by Gasteiger charge is -2.34. The van der Waals surface area contributed by atoms with E-state index in [1.165, 1.54) is 0 Å². The van der Waals surface area contributed by atoms with Gasteiger partial charge < -0.3 is 14.5 Å². The lowest BCUT2D eigenvalue weighted by atomic mass is 10.0. The van der Waals surface area contributed by atoms with Gasteiger partial charge in [-0.1, -0.05) is 0 Å². The van der Waals surface area contributed by atoms with E-state index in [1.54, 1.807) is 49.8 Å². The Balaban J connectivity index is 1.40. The molecule has 1 amide bonds. The standard InChI is InChI=1S/C20H24N4O3/c1-27-17-8-6-16(7-9-17)18(25)4-2-5-19(26)23-12-14-24(15-13-23)20-21-10-3-11-22-20/h3,6-11H,2,4-5,12-15H2,1H3. The number of carbonyl (C=O) groups is 2. The summed E-state index contributed by atoms with van der Waals surface area (Å²) in [6.07, 6.45) is 4.77. The molecule has 0 atom stereocenters. The second-order valence-electron chi connectivity index (χ2n) is 6.42. The summed E-state index contributed by atoms with van der Waals surface area (Å²) in [6, 6.07) is 8.85. The number of aromatic nitrogens is 2. The van der Waals surface area contributed by atoms with Gasteiger partial charge in [0, 0.05) is 57.0 Å². The number of hydrogen-bond donors (Lipinski definition) is 0. The number of methoxy groups -OCH3 is 1. The highest BCUT2D eigenvalue weighted by molar-refractivity contribution is 5.96. The number of rotatable bonds is 7. The molecule has 1 saturated heterocycles. The number of nitrogens with zero attached hydrogens (tertiary/aromatic N) is 4. The summed E-state index contributed by atoms with van der Waals surface area (Å²) in [5, 5.41) is 0. The first kappa shape index (κ1) is 18.8. The van der Waals surface area contributed by atoms with Gasteiger partial charge >= 0.3 is 0 Å². The maximum atomic E-state index is 12.4. The third kappa shape index (κ3) is 5.03. The van der Waals surface area contributed by atoms with E-state index in [0.29, 0.717) is 43.9 Å². The molecule has 2 heterocycles. The number of piperazine rings is 1. The molecule has 0 spiro atoms. The van der Waals surface area contributed by atoms with Crippen LogP contribution in [0.3, 0.4) is 0 Å². The second-order valence-corrected chi connectivity index (χ2v) is 6.42. The normalized spacial score (nSPS) is 14.1. The van der Waals surface area contributed by atoms with Crippen LogP contribution < -0.4 is 9.64 Å². The van der Waals surface area contributed by atoms with E-state index in [4.69, 9.17) is 4.74 Å². The van der Waals surface area contributed by atoms with Gasteiger partial charge in [0.2, 0.25) is 11.9 Å². The van der Waals surface area contributed by atoms with Crippen LogP contribution in [0.2, 0.25) is 0 Å². The molecular formula is C20H24N4O3. The minimum Gasteiger partial charge on any atom is -0.497 e. The highest BCUT2D eigenvalue weighted by Gasteiger charge is 2.22. The summed E-state index contributed by atoms with van der Waals surface area (Å²) in [5.41, 5.74) is 0.653. The number of benzene rings is 1. The van der Waals surface area contributed by atoms with Crippen LogP contribution in [0.5, 0.6) is 5.75 Å². The van der Waals surface area contributed by atoms with E-state index in [-0.39, 0.29) is 11.7 Å². The number of Topliss-reactive ketones (excluding diaryl/α,β-unsaturated/α-hetero) is 1. The van der Waals surface area contributed by atoms with E-state index in [0.717, 1.165) is 18.8 Å². The molecule has 3 rings (SSSR count). The van der Waals surface area contributed by atoms with Gasteiger partial charge in [-0.2, -0.15) is 0 Å². The zero-order chi connectivity index (χ0) is 19.1. The molecule has 1 aromatic carbocycles. The van der Waals surface area contributed by atoms with Gasteiger partial charge in [-0.15, -0.1) is 0 Å². The molecule has 7 heteroatoms. The monoisotopic (exact) mass is 368 g/mol. The Labute approximate surface area is 159 Å². The third-order valence-electron chi connectivity index (χ3n) is 4.67. The van der Waals surface area contributed by atoms with E-state index in [9.17, 15) is 9.59 Å². The number of hydrogen-bond acceptors (Lipinski definition) is 6. The van der Waals surface area contributed by atoms with Gasteiger partial charge in [0.25, 0.3) is 0 Å². The van der Waals surface area contributed by atoms with Crippen LogP contribution in [-0.4, -0.2) is 59.8 Å². The summed E-state index contributed by atoms with van der Waals surface area (Å²) in [7, 11) is 1.59. The predicted molar refractivity (Wildman–Crippen MR) is 102 cm³/mol. The average molecular weight is 368 g/mol. The van der Waals surface area contributed by atoms with E-state index < -0.39 is 0 Å². The Kier molecular flexibility index (Phi) is 6.35. The van der Waals surface area contributed by atoms with Crippen LogP contribution in [0.25, 0.3) is 0 Å². The van der Waals surface area contributed by atoms with Crippen LogP contribution >= 0.6 is 0 Å². The average Bonchev–Trinajstić information content (AvgIpc) is 2.74. The summed E-state index contributed by atoms with van der Waals surface area (Å²) in [6.45, 7) is 2.76. The van der Waals surface area contributed by atoms with Crippen molar-refractivity contribution < 1.29 is 14.3 Å². The molecule has 0 N–H and O–H groups in total. The zero-order valence-corrected chi connectivity index (χ0v) is 15.5. The Morgan fingerprint density at radius 1 is 1.00 bits per heavy atom. The molecule has 0 unspecified atom stereocenters. The molecule has 2 aromatic rings. The topological polar surface area (TPSA) is 75.6 Å². The molecule has 1 aliphatic heterocycles. The summed E-state index contributed by atoms with van der Waals surface area (Å²) >= 11 is 0. The van der Waals surface area contributed by atoms with Crippen LogP contribution in [0.1, 0.15) is 29.6 Å². The largest absolute Gasteiger partial charge is 0.497 e. The van der Waals surface area contributed by atoms with Crippen LogP contribution in [0.15, 0.2) is 42.7 Å². The Morgan fingerprint density at radius 3 is 2.30 bits per heavy atom. The van der Waals surface area contributed by atoms with Gasteiger partial charge in [-0.25, -0.2) is 9.97 Å². The second kappa shape index (κ2) is 9.12. The molecular weight excluding hydrogens is 344 g/mol. The number of ether oxygens (including phenoxy) is 1. The van der Waals surface area contributed by atoms with Gasteiger partial charge in [-0.3, -0.25) is 9.59 Å². The Hall–Kier alpha value is -2.96. The first-order valence-electron chi connectivity index (χ1n) is 9.14. The van der Waals surface area contributed by atoms with Crippen LogP contribution in [0, 0.1) is 0 Å². The lowest BCUT2D eigenvalue weighted by molar-refractivity contribution is -0.131. The molecule has 1 aromatic heterocycles. The zero-order valence-electron chi connectivity index (χ0n) is 15.5. The Bertz CT molecular complexity index is 757. The molecule has 0 bridgehead atoms. The van der Waals surface area contributed by atoms with Gasteiger partial charge in [-0.05, 0) is 36.8 Å². The first-order valence-corrected chi connectivity index (χ1v) is 9.14. The maximum Gasteiger partial charge on any atom is 0.225 e. The van der Waals surface area contributed by atoms with Crippen molar-refractivity contribution in [2.24, 2.45) is 0 Å². The van der Waals surface area contributed by atoms with Gasteiger partial charge in [0.15, 0.2) is 5.78 Å². The van der Waals surface area contributed by atoms with Crippen molar-refractivity contribution in [2.75, 3.05) is 38.2 Å². The first-order chi connectivity index (χ1) is 13.2. The molecule has 0 saturated carbocycles. The minimum absolute atomic E-state index is 0.0523. The van der Waals surface area contributed by atoms with Crippen molar-refractivity contribution in [3.63, 3.8) is 0 Å². The molecule has 0 radical (unpaired) electrons. The number of carbonyl (C=O) groups excluding carboxylic acids is 2. The third-order valence-corrected chi connectivity index (χ3v) is 4.67. The van der Waals surface area contributed by atoms with E-state index in [2.05, 4.69) is 14.9 Å². The highest BCUT2D eigenvalue weighted by Crippen LogP contribution is 2.15. The number of amides is 1.